The van der Waals surface area contributed by atoms with Crippen LogP contribution in [0.2, 0.25) is 0 Å². The van der Waals surface area contributed by atoms with Gasteiger partial charge in [0.25, 0.3) is 5.91 Å². The van der Waals surface area contributed by atoms with Crippen molar-refractivity contribution in [2.75, 3.05) is 12.3 Å². The number of anilines is 1. The molecule has 3 atom stereocenters. The number of aromatic nitrogens is 3. The first kappa shape index (κ1) is 23.5. The van der Waals surface area contributed by atoms with Gasteiger partial charge in [-0.2, -0.15) is 18.3 Å². The molecule has 2 aliphatic carbocycles. The maximum absolute atomic E-state index is 13.8. The zero-order valence-corrected chi connectivity index (χ0v) is 19.8. The van der Waals surface area contributed by atoms with Crippen LogP contribution in [0.25, 0.3) is 0 Å². The van der Waals surface area contributed by atoms with Gasteiger partial charge in [-0.15, -0.1) is 0 Å². The second-order valence-electron chi connectivity index (χ2n) is 10.1. The Morgan fingerprint density at radius 3 is 2.54 bits per heavy atom. The van der Waals surface area contributed by atoms with E-state index in [0.717, 1.165) is 46.1 Å². The largest absolute Gasteiger partial charge is 0.435 e. The lowest BCUT2D eigenvalue weighted by molar-refractivity contribution is -0.141. The molecular weight excluding hydrogens is 485 g/mol. The standard InChI is InChI=1S/C26H25F3N6O2/c27-26(28,29)22-20(24(36)32-21-6-5-18-17(21)7-8-31-23(18)30)13-35(33-22)11-15-3-1-14(2-4-15)10-34-12-16-9-19(16)25(34)37/h1-4,7-8,13,16,19,21H,5-6,9-12H2,(H2,30,31)(H,32,36)/t16-,19-,21?/m0/s1. The Morgan fingerprint density at radius 1 is 1.14 bits per heavy atom. The lowest BCUT2D eigenvalue weighted by Crippen LogP contribution is -2.28. The van der Waals surface area contributed by atoms with Crippen molar-refractivity contribution in [2.24, 2.45) is 11.8 Å². The van der Waals surface area contributed by atoms with E-state index in [0.29, 0.717) is 31.1 Å². The summed E-state index contributed by atoms with van der Waals surface area (Å²) in [5, 5.41) is 6.42. The molecule has 8 nitrogen and oxygen atoms in total. The molecule has 3 aromatic rings. The highest BCUT2D eigenvalue weighted by Gasteiger charge is 2.51. The van der Waals surface area contributed by atoms with Gasteiger partial charge in [0.2, 0.25) is 5.91 Å². The highest BCUT2D eigenvalue weighted by Crippen LogP contribution is 2.46. The predicted octanol–water partition coefficient (Wildman–Crippen LogP) is 3.32. The molecular formula is C26H25F3N6O2. The number of hydrogen-bond donors (Lipinski definition) is 2. The summed E-state index contributed by atoms with van der Waals surface area (Å²) in [5.74, 6) is 0.437. The summed E-state index contributed by atoms with van der Waals surface area (Å²) in [6, 6.07) is 8.62. The van der Waals surface area contributed by atoms with Crippen LogP contribution in [0.5, 0.6) is 0 Å². The van der Waals surface area contributed by atoms with Crippen molar-refractivity contribution < 1.29 is 22.8 Å². The van der Waals surface area contributed by atoms with Crippen molar-refractivity contribution in [1.82, 2.24) is 25.0 Å². The Bertz CT molecular complexity index is 1380. The highest BCUT2D eigenvalue weighted by molar-refractivity contribution is 5.95. The third-order valence-electron chi connectivity index (χ3n) is 7.51. The smallest absolute Gasteiger partial charge is 0.383 e. The zero-order valence-electron chi connectivity index (χ0n) is 19.8. The fourth-order valence-electron chi connectivity index (χ4n) is 5.49. The Labute approximate surface area is 210 Å². The van der Waals surface area contributed by atoms with E-state index in [4.69, 9.17) is 5.73 Å². The third kappa shape index (κ3) is 4.42. The van der Waals surface area contributed by atoms with E-state index in [9.17, 15) is 22.8 Å². The van der Waals surface area contributed by atoms with Crippen LogP contribution >= 0.6 is 0 Å². The molecule has 3 heterocycles. The maximum Gasteiger partial charge on any atom is 0.435 e. The minimum absolute atomic E-state index is 0.0674. The number of nitrogen functional groups attached to an aromatic ring is 1. The topological polar surface area (TPSA) is 106 Å². The van der Waals surface area contributed by atoms with Crippen molar-refractivity contribution >= 4 is 17.6 Å². The molecule has 192 valence electrons. The van der Waals surface area contributed by atoms with Crippen molar-refractivity contribution in [3.8, 4) is 0 Å². The van der Waals surface area contributed by atoms with Crippen molar-refractivity contribution in [1.29, 1.82) is 0 Å². The van der Waals surface area contributed by atoms with Crippen LogP contribution in [-0.4, -0.2) is 38.0 Å². The minimum Gasteiger partial charge on any atom is -0.383 e. The molecule has 37 heavy (non-hydrogen) atoms. The maximum atomic E-state index is 13.8. The van der Waals surface area contributed by atoms with Crippen LogP contribution < -0.4 is 11.1 Å². The Balaban J connectivity index is 1.17. The molecule has 1 aliphatic heterocycles. The van der Waals surface area contributed by atoms with E-state index in [2.05, 4.69) is 15.4 Å². The molecule has 0 radical (unpaired) electrons. The van der Waals surface area contributed by atoms with Crippen molar-refractivity contribution in [3.05, 3.63) is 76.2 Å². The number of benzene rings is 1. The molecule has 2 aromatic heterocycles. The van der Waals surface area contributed by atoms with Gasteiger partial charge in [-0.3, -0.25) is 14.3 Å². The van der Waals surface area contributed by atoms with Crippen LogP contribution in [0.4, 0.5) is 19.0 Å². The number of carbonyl (C=O) groups excluding carboxylic acids is 2. The molecule has 3 aliphatic rings. The summed E-state index contributed by atoms with van der Waals surface area (Å²) in [5.41, 5.74) is 7.43. The highest BCUT2D eigenvalue weighted by atomic mass is 19.4. The number of nitrogens with one attached hydrogen (secondary N) is 1. The Kier molecular flexibility index (Phi) is 5.46. The van der Waals surface area contributed by atoms with Gasteiger partial charge >= 0.3 is 6.18 Å². The van der Waals surface area contributed by atoms with Gasteiger partial charge in [-0.25, -0.2) is 4.98 Å². The normalized spacial score (nSPS) is 22.2. The van der Waals surface area contributed by atoms with Gasteiger partial charge in [0.1, 0.15) is 5.82 Å². The minimum atomic E-state index is -4.79. The second-order valence-corrected chi connectivity index (χ2v) is 10.1. The second kappa shape index (κ2) is 8.60. The summed E-state index contributed by atoms with van der Waals surface area (Å²) in [4.78, 5) is 31.0. The van der Waals surface area contributed by atoms with E-state index in [-0.39, 0.29) is 18.4 Å². The Hall–Kier alpha value is -3.89. The van der Waals surface area contributed by atoms with E-state index in [1.54, 1.807) is 18.2 Å². The summed E-state index contributed by atoms with van der Waals surface area (Å²) in [7, 11) is 0. The molecule has 0 bridgehead atoms. The molecule has 1 unspecified atom stereocenters. The predicted molar refractivity (Wildman–Crippen MR) is 127 cm³/mol. The molecule has 11 heteroatoms. The number of hydrogen-bond acceptors (Lipinski definition) is 5. The molecule has 2 amide bonds. The number of pyridine rings is 1. The SMILES string of the molecule is Nc1nccc2c1CCC2NC(=O)c1cn(Cc2ccc(CN3C[C@@H]4C[C@@H]4C3=O)cc2)nc1C(F)(F)F. The van der Waals surface area contributed by atoms with E-state index < -0.39 is 29.4 Å². The molecule has 0 spiro atoms. The lowest BCUT2D eigenvalue weighted by Gasteiger charge is -2.18. The fraction of sp³-hybridized carbons (Fsp3) is 0.385. The molecule has 1 saturated carbocycles. The number of amides is 2. The fourth-order valence-corrected chi connectivity index (χ4v) is 5.49. The first-order valence-corrected chi connectivity index (χ1v) is 12.2. The number of likely N-dealkylation sites (tertiary alicyclic amines) is 1. The molecule has 2 fully saturated rings. The first-order chi connectivity index (χ1) is 17.7. The number of halogens is 3. The van der Waals surface area contributed by atoms with Crippen LogP contribution in [0.3, 0.4) is 0 Å². The van der Waals surface area contributed by atoms with E-state index in [1.165, 1.54) is 6.20 Å². The van der Waals surface area contributed by atoms with Crippen molar-refractivity contribution in [3.63, 3.8) is 0 Å². The first-order valence-electron chi connectivity index (χ1n) is 12.2. The quantitative estimate of drug-likeness (QED) is 0.529. The molecule has 6 rings (SSSR count). The number of rotatable bonds is 6. The average Bonchev–Trinajstić information content (AvgIpc) is 3.15. The number of nitrogens with zero attached hydrogens (tertiary/aromatic N) is 4. The summed E-state index contributed by atoms with van der Waals surface area (Å²) >= 11 is 0. The molecule has 3 N–H and O–H groups in total. The lowest BCUT2D eigenvalue weighted by atomic mass is 10.1. The third-order valence-corrected chi connectivity index (χ3v) is 7.51. The van der Waals surface area contributed by atoms with Gasteiger partial charge in [0, 0.05) is 31.4 Å². The number of fused-ring (bicyclic) bond motifs is 2. The zero-order chi connectivity index (χ0) is 25.9. The van der Waals surface area contributed by atoms with Gasteiger partial charge in [-0.1, -0.05) is 24.3 Å². The number of alkyl halides is 3. The summed E-state index contributed by atoms with van der Waals surface area (Å²) in [6.07, 6.45) is -0.00505. The van der Waals surface area contributed by atoms with Crippen LogP contribution in [0.15, 0.2) is 42.7 Å². The van der Waals surface area contributed by atoms with Gasteiger partial charge < -0.3 is 16.0 Å². The number of piperidine rings is 1. The summed E-state index contributed by atoms with van der Waals surface area (Å²) < 4.78 is 42.4. The van der Waals surface area contributed by atoms with Crippen LogP contribution in [0, 0.1) is 11.8 Å². The van der Waals surface area contributed by atoms with Crippen LogP contribution in [0.1, 0.15) is 57.2 Å². The molecule has 1 aromatic carbocycles. The van der Waals surface area contributed by atoms with Gasteiger partial charge in [0.05, 0.1) is 18.2 Å². The van der Waals surface area contributed by atoms with Gasteiger partial charge in [-0.05, 0) is 53.5 Å². The van der Waals surface area contributed by atoms with Crippen LogP contribution in [-0.2, 0) is 30.5 Å². The summed E-state index contributed by atoms with van der Waals surface area (Å²) in [6.45, 7) is 1.39. The number of nitrogens with two attached hydrogens (primary N) is 1. The Morgan fingerprint density at radius 2 is 1.86 bits per heavy atom. The average molecular weight is 511 g/mol. The van der Waals surface area contributed by atoms with E-state index >= 15 is 0 Å². The number of carbonyl (C=O) groups is 2. The monoisotopic (exact) mass is 510 g/mol. The molecule has 1 saturated heterocycles. The van der Waals surface area contributed by atoms with Gasteiger partial charge in [0.15, 0.2) is 5.69 Å². The van der Waals surface area contributed by atoms with Crippen molar-refractivity contribution in [2.45, 2.75) is 44.6 Å². The van der Waals surface area contributed by atoms with E-state index in [1.807, 2.05) is 17.0 Å².